The Labute approximate surface area is 83.3 Å². The summed E-state index contributed by atoms with van der Waals surface area (Å²) in [6, 6.07) is 5.38. The topological polar surface area (TPSA) is 38.7 Å². The van der Waals surface area contributed by atoms with Gasteiger partial charge in [0.15, 0.2) is 5.79 Å². The summed E-state index contributed by atoms with van der Waals surface area (Å²) in [5.74, 6) is -0.411. The maximum atomic E-state index is 9.56. The lowest BCUT2D eigenvalue weighted by Gasteiger charge is -2.24. The van der Waals surface area contributed by atoms with Crippen LogP contribution in [0.15, 0.2) is 18.2 Å². The highest BCUT2D eigenvalue weighted by molar-refractivity contribution is 5.40. The van der Waals surface area contributed by atoms with Crippen LogP contribution >= 0.6 is 0 Å². The predicted octanol–water partition coefficient (Wildman–Crippen LogP) is 1.92. The Balaban J connectivity index is 2.45. The summed E-state index contributed by atoms with van der Waals surface area (Å²) in [6.07, 6.45) is 0. The summed E-state index contributed by atoms with van der Waals surface area (Å²) < 4.78 is 11.1. The molecular formula is C11H14O3. The second-order valence-electron chi connectivity index (χ2n) is 3.59. The zero-order chi connectivity index (χ0) is 10.2. The molecule has 76 valence electrons. The summed E-state index contributed by atoms with van der Waals surface area (Å²) in [7, 11) is 0. The van der Waals surface area contributed by atoms with E-state index in [1.54, 1.807) is 12.1 Å². The monoisotopic (exact) mass is 194 g/mol. The van der Waals surface area contributed by atoms with Gasteiger partial charge in [-0.05, 0) is 25.5 Å². The molecule has 0 aromatic heterocycles. The van der Waals surface area contributed by atoms with Crippen LogP contribution in [-0.2, 0) is 15.3 Å². The van der Waals surface area contributed by atoms with E-state index in [4.69, 9.17) is 9.47 Å². The molecule has 0 amide bonds. The number of aromatic hydroxyl groups is 1. The first kappa shape index (κ1) is 9.49. The van der Waals surface area contributed by atoms with Crippen molar-refractivity contribution in [2.24, 2.45) is 0 Å². The number of phenolic OH excluding ortho intramolecular Hbond substituents is 1. The molecule has 14 heavy (non-hydrogen) atoms. The minimum absolute atomic E-state index is 0.280. The van der Waals surface area contributed by atoms with E-state index in [-0.39, 0.29) is 5.75 Å². The summed E-state index contributed by atoms with van der Waals surface area (Å²) in [5, 5.41) is 9.56. The molecule has 1 aliphatic rings. The summed E-state index contributed by atoms with van der Waals surface area (Å²) in [5.41, 5.74) is 1.71. The molecule has 0 spiro atoms. The van der Waals surface area contributed by atoms with Crippen LogP contribution in [0.1, 0.15) is 18.1 Å². The van der Waals surface area contributed by atoms with Crippen LogP contribution in [0.25, 0.3) is 0 Å². The Morgan fingerprint density at radius 3 is 2.57 bits per heavy atom. The van der Waals surface area contributed by atoms with Gasteiger partial charge in [0.2, 0.25) is 0 Å². The average molecular weight is 194 g/mol. The molecule has 0 saturated carbocycles. The summed E-state index contributed by atoms with van der Waals surface area (Å²) in [4.78, 5) is 0. The lowest BCUT2D eigenvalue weighted by molar-refractivity contribution is -0.150. The van der Waals surface area contributed by atoms with Gasteiger partial charge >= 0.3 is 0 Å². The van der Waals surface area contributed by atoms with Crippen LogP contribution in [0.3, 0.4) is 0 Å². The van der Waals surface area contributed by atoms with Crippen molar-refractivity contribution in [2.75, 3.05) is 13.2 Å². The van der Waals surface area contributed by atoms with Crippen LogP contribution in [0.5, 0.6) is 5.75 Å². The van der Waals surface area contributed by atoms with Gasteiger partial charge in [-0.3, -0.25) is 0 Å². The lowest BCUT2D eigenvalue weighted by atomic mass is 10.0. The third kappa shape index (κ3) is 1.38. The molecule has 1 saturated heterocycles. The smallest absolute Gasteiger partial charge is 0.192 e. The van der Waals surface area contributed by atoms with Crippen molar-refractivity contribution in [3.8, 4) is 5.75 Å². The van der Waals surface area contributed by atoms with Gasteiger partial charge in [-0.2, -0.15) is 0 Å². The van der Waals surface area contributed by atoms with Crippen molar-refractivity contribution in [3.05, 3.63) is 29.3 Å². The molecule has 3 nitrogen and oxygen atoms in total. The number of phenols is 1. The normalized spacial score (nSPS) is 19.9. The maximum Gasteiger partial charge on any atom is 0.192 e. The predicted molar refractivity (Wildman–Crippen MR) is 52.1 cm³/mol. The SMILES string of the molecule is Cc1c(O)cccc1C1(C)OCCO1. The highest BCUT2D eigenvalue weighted by Crippen LogP contribution is 2.35. The molecule has 1 aromatic carbocycles. The quantitative estimate of drug-likeness (QED) is 0.742. The fraction of sp³-hybridized carbons (Fsp3) is 0.455. The van der Waals surface area contributed by atoms with Crippen LogP contribution in [0, 0.1) is 6.92 Å². The number of rotatable bonds is 1. The van der Waals surface area contributed by atoms with Crippen LogP contribution in [0.4, 0.5) is 0 Å². The summed E-state index contributed by atoms with van der Waals surface area (Å²) in [6.45, 7) is 4.94. The average Bonchev–Trinajstić information content (AvgIpc) is 2.58. The standard InChI is InChI=1S/C11H14O3/c1-8-9(4-3-5-10(8)12)11(2)13-6-7-14-11/h3-5,12H,6-7H2,1-2H3. The summed E-state index contributed by atoms with van der Waals surface area (Å²) >= 11 is 0. The number of hydrogen-bond acceptors (Lipinski definition) is 3. The molecule has 1 fully saturated rings. The Kier molecular flexibility index (Phi) is 2.21. The second-order valence-corrected chi connectivity index (χ2v) is 3.59. The zero-order valence-corrected chi connectivity index (χ0v) is 8.41. The Morgan fingerprint density at radius 1 is 1.29 bits per heavy atom. The van der Waals surface area contributed by atoms with Gasteiger partial charge < -0.3 is 14.6 Å². The van der Waals surface area contributed by atoms with Gasteiger partial charge in [-0.15, -0.1) is 0 Å². The van der Waals surface area contributed by atoms with E-state index in [9.17, 15) is 5.11 Å². The Bertz CT molecular complexity index is 340. The minimum atomic E-state index is -0.692. The molecular weight excluding hydrogens is 180 g/mol. The molecule has 3 heteroatoms. The van der Waals surface area contributed by atoms with Crippen molar-refractivity contribution in [2.45, 2.75) is 19.6 Å². The molecule has 1 N–H and O–H groups in total. The van der Waals surface area contributed by atoms with Crippen LogP contribution in [-0.4, -0.2) is 18.3 Å². The van der Waals surface area contributed by atoms with Crippen molar-refractivity contribution in [1.29, 1.82) is 0 Å². The molecule has 1 aromatic rings. The van der Waals surface area contributed by atoms with E-state index in [0.29, 0.717) is 13.2 Å². The fourth-order valence-corrected chi connectivity index (χ4v) is 1.79. The molecule has 0 unspecified atom stereocenters. The van der Waals surface area contributed by atoms with Gasteiger partial charge in [0, 0.05) is 5.56 Å². The minimum Gasteiger partial charge on any atom is -0.508 e. The maximum absolute atomic E-state index is 9.56. The van der Waals surface area contributed by atoms with E-state index in [2.05, 4.69) is 0 Å². The van der Waals surface area contributed by atoms with E-state index in [1.165, 1.54) is 0 Å². The molecule has 0 aliphatic carbocycles. The molecule has 2 rings (SSSR count). The third-order valence-electron chi connectivity index (χ3n) is 2.63. The zero-order valence-electron chi connectivity index (χ0n) is 8.41. The van der Waals surface area contributed by atoms with Crippen molar-refractivity contribution >= 4 is 0 Å². The lowest BCUT2D eigenvalue weighted by Crippen LogP contribution is -2.23. The van der Waals surface area contributed by atoms with E-state index >= 15 is 0 Å². The van der Waals surface area contributed by atoms with E-state index in [1.807, 2.05) is 19.9 Å². The molecule has 0 bridgehead atoms. The van der Waals surface area contributed by atoms with Gasteiger partial charge in [0.05, 0.1) is 13.2 Å². The Morgan fingerprint density at radius 2 is 1.93 bits per heavy atom. The molecule has 1 heterocycles. The number of benzene rings is 1. The van der Waals surface area contributed by atoms with Gasteiger partial charge in [-0.1, -0.05) is 12.1 Å². The van der Waals surface area contributed by atoms with Crippen molar-refractivity contribution in [3.63, 3.8) is 0 Å². The highest BCUT2D eigenvalue weighted by Gasteiger charge is 2.34. The van der Waals surface area contributed by atoms with Gasteiger partial charge in [0.25, 0.3) is 0 Å². The first-order valence-corrected chi connectivity index (χ1v) is 4.70. The van der Waals surface area contributed by atoms with Crippen LogP contribution in [0.2, 0.25) is 0 Å². The first-order valence-electron chi connectivity index (χ1n) is 4.70. The van der Waals surface area contributed by atoms with Crippen molar-refractivity contribution in [1.82, 2.24) is 0 Å². The van der Waals surface area contributed by atoms with Crippen LogP contribution < -0.4 is 0 Å². The van der Waals surface area contributed by atoms with Gasteiger partial charge in [-0.25, -0.2) is 0 Å². The first-order chi connectivity index (χ1) is 6.63. The number of hydrogen-bond donors (Lipinski definition) is 1. The fourth-order valence-electron chi connectivity index (χ4n) is 1.79. The molecule has 0 atom stereocenters. The van der Waals surface area contributed by atoms with Crippen molar-refractivity contribution < 1.29 is 14.6 Å². The van der Waals surface area contributed by atoms with Gasteiger partial charge in [0.1, 0.15) is 5.75 Å². The molecule has 0 radical (unpaired) electrons. The van der Waals surface area contributed by atoms with E-state index in [0.717, 1.165) is 11.1 Å². The molecule has 1 aliphatic heterocycles. The largest absolute Gasteiger partial charge is 0.508 e. The number of ether oxygens (including phenoxy) is 2. The highest BCUT2D eigenvalue weighted by atomic mass is 16.7. The van der Waals surface area contributed by atoms with E-state index < -0.39 is 5.79 Å². The third-order valence-corrected chi connectivity index (χ3v) is 2.63. The second kappa shape index (κ2) is 3.26. The Hall–Kier alpha value is -1.06.